The summed E-state index contributed by atoms with van der Waals surface area (Å²) < 4.78 is 0. The predicted octanol–water partition coefficient (Wildman–Crippen LogP) is 2.65. The fourth-order valence-electron chi connectivity index (χ4n) is 3.07. The van der Waals surface area contributed by atoms with Gasteiger partial charge >= 0.3 is 0 Å². The SMILES string of the molecule is Cl.O=C(NC1CC1)c1ccc(NC(=O)C2Cc3ccccc3CN2)cc1. The standard InChI is InChI=1S/C20H21N3O2.ClH/c24-19(22-17-9-10-17)13-5-7-16(8-6-13)23-20(25)18-11-14-3-1-2-4-15(14)12-21-18;/h1-8,17-18,21H,9-12H2,(H,22,24)(H,23,25);1H. The Hall–Kier alpha value is -2.37. The lowest BCUT2D eigenvalue weighted by atomic mass is 9.95. The van der Waals surface area contributed by atoms with Crippen LogP contribution < -0.4 is 16.0 Å². The van der Waals surface area contributed by atoms with Crippen molar-refractivity contribution in [3.63, 3.8) is 0 Å². The van der Waals surface area contributed by atoms with Crippen molar-refractivity contribution in [3.8, 4) is 0 Å². The van der Waals surface area contributed by atoms with Crippen molar-refractivity contribution >= 4 is 29.9 Å². The van der Waals surface area contributed by atoms with Crippen molar-refractivity contribution in [3.05, 3.63) is 65.2 Å². The molecule has 1 aliphatic carbocycles. The molecular weight excluding hydrogens is 350 g/mol. The Balaban J connectivity index is 0.00000196. The van der Waals surface area contributed by atoms with Crippen LogP contribution in [0.5, 0.6) is 0 Å². The van der Waals surface area contributed by atoms with Gasteiger partial charge in [-0.15, -0.1) is 12.4 Å². The van der Waals surface area contributed by atoms with E-state index < -0.39 is 0 Å². The maximum Gasteiger partial charge on any atom is 0.251 e. The van der Waals surface area contributed by atoms with Crippen molar-refractivity contribution in [2.24, 2.45) is 0 Å². The van der Waals surface area contributed by atoms with Gasteiger partial charge in [-0.1, -0.05) is 24.3 Å². The predicted molar refractivity (Wildman–Crippen MR) is 104 cm³/mol. The van der Waals surface area contributed by atoms with Gasteiger partial charge in [0, 0.05) is 23.8 Å². The number of hydrogen-bond acceptors (Lipinski definition) is 3. The van der Waals surface area contributed by atoms with Gasteiger partial charge in [-0.2, -0.15) is 0 Å². The topological polar surface area (TPSA) is 70.2 Å². The molecule has 26 heavy (non-hydrogen) atoms. The summed E-state index contributed by atoms with van der Waals surface area (Å²) in [5, 5.41) is 9.16. The van der Waals surface area contributed by atoms with Gasteiger partial charge in [0.25, 0.3) is 5.91 Å². The second-order valence-corrected chi connectivity index (χ2v) is 6.72. The molecule has 1 heterocycles. The molecule has 4 rings (SSSR count). The third-order valence-electron chi connectivity index (χ3n) is 4.73. The first-order valence-corrected chi connectivity index (χ1v) is 8.71. The number of halogens is 1. The number of amides is 2. The van der Waals surface area contributed by atoms with Crippen molar-refractivity contribution < 1.29 is 9.59 Å². The summed E-state index contributed by atoms with van der Waals surface area (Å²) in [6.07, 6.45) is 2.82. The van der Waals surface area contributed by atoms with E-state index in [1.54, 1.807) is 24.3 Å². The molecule has 2 aromatic carbocycles. The second kappa shape index (κ2) is 7.89. The molecule has 0 saturated heterocycles. The van der Waals surface area contributed by atoms with Crippen LogP contribution in [0, 0.1) is 0 Å². The zero-order valence-electron chi connectivity index (χ0n) is 14.3. The van der Waals surface area contributed by atoms with Crippen molar-refractivity contribution in [2.45, 2.75) is 37.9 Å². The molecule has 136 valence electrons. The maximum atomic E-state index is 12.5. The molecule has 6 heteroatoms. The number of nitrogens with one attached hydrogen (secondary N) is 3. The highest BCUT2D eigenvalue weighted by molar-refractivity contribution is 5.97. The van der Waals surface area contributed by atoms with E-state index in [1.807, 2.05) is 12.1 Å². The van der Waals surface area contributed by atoms with Gasteiger partial charge in [-0.05, 0) is 54.7 Å². The highest BCUT2D eigenvalue weighted by Gasteiger charge is 2.25. The van der Waals surface area contributed by atoms with Gasteiger partial charge in [-0.25, -0.2) is 0 Å². The van der Waals surface area contributed by atoms with Crippen LogP contribution in [0.2, 0.25) is 0 Å². The van der Waals surface area contributed by atoms with Gasteiger partial charge in [0.05, 0.1) is 6.04 Å². The van der Waals surface area contributed by atoms with Crippen molar-refractivity contribution in [1.29, 1.82) is 0 Å². The lowest BCUT2D eigenvalue weighted by Crippen LogP contribution is -2.44. The van der Waals surface area contributed by atoms with E-state index in [0.29, 0.717) is 30.3 Å². The van der Waals surface area contributed by atoms with E-state index in [0.717, 1.165) is 12.8 Å². The van der Waals surface area contributed by atoms with Crippen molar-refractivity contribution in [2.75, 3.05) is 5.32 Å². The second-order valence-electron chi connectivity index (χ2n) is 6.72. The average Bonchev–Trinajstić information content (AvgIpc) is 3.46. The Morgan fingerprint density at radius 1 is 0.962 bits per heavy atom. The first kappa shape index (κ1) is 18.4. The molecule has 1 atom stereocenters. The monoisotopic (exact) mass is 371 g/mol. The highest BCUT2D eigenvalue weighted by atomic mass is 35.5. The van der Waals surface area contributed by atoms with Crippen LogP contribution in [0.1, 0.15) is 34.3 Å². The number of benzene rings is 2. The number of anilines is 1. The summed E-state index contributed by atoms with van der Waals surface area (Å²) >= 11 is 0. The number of rotatable bonds is 4. The molecule has 0 bridgehead atoms. The lowest BCUT2D eigenvalue weighted by molar-refractivity contribution is -0.118. The zero-order chi connectivity index (χ0) is 17.2. The third kappa shape index (κ3) is 4.23. The minimum Gasteiger partial charge on any atom is -0.349 e. The van der Waals surface area contributed by atoms with E-state index >= 15 is 0 Å². The molecule has 1 fully saturated rings. The molecule has 0 aromatic heterocycles. The fourth-order valence-corrected chi connectivity index (χ4v) is 3.07. The van der Waals surface area contributed by atoms with Crippen molar-refractivity contribution in [1.82, 2.24) is 10.6 Å². The molecule has 2 aliphatic rings. The van der Waals surface area contributed by atoms with Crippen LogP contribution in [0.25, 0.3) is 0 Å². The minimum absolute atomic E-state index is 0. The molecule has 1 saturated carbocycles. The molecule has 3 N–H and O–H groups in total. The minimum atomic E-state index is -0.243. The van der Waals surface area contributed by atoms with Crippen LogP contribution in [-0.4, -0.2) is 23.9 Å². The van der Waals surface area contributed by atoms with Gasteiger partial charge in [0.1, 0.15) is 0 Å². The smallest absolute Gasteiger partial charge is 0.251 e. The Morgan fingerprint density at radius 3 is 2.35 bits per heavy atom. The quantitative estimate of drug-likeness (QED) is 0.773. The molecule has 1 unspecified atom stereocenters. The highest BCUT2D eigenvalue weighted by Crippen LogP contribution is 2.20. The first-order chi connectivity index (χ1) is 12.2. The van der Waals surface area contributed by atoms with Crippen LogP contribution in [0.4, 0.5) is 5.69 Å². The summed E-state index contributed by atoms with van der Waals surface area (Å²) in [6, 6.07) is 15.3. The Morgan fingerprint density at radius 2 is 1.65 bits per heavy atom. The van der Waals surface area contributed by atoms with Gasteiger partial charge in [0.15, 0.2) is 0 Å². The summed E-state index contributed by atoms with van der Waals surface area (Å²) in [7, 11) is 0. The molecule has 5 nitrogen and oxygen atoms in total. The van der Waals surface area contributed by atoms with E-state index in [4.69, 9.17) is 0 Å². The van der Waals surface area contributed by atoms with Crippen LogP contribution in [0.3, 0.4) is 0 Å². The first-order valence-electron chi connectivity index (χ1n) is 8.71. The number of hydrogen-bond donors (Lipinski definition) is 3. The Labute approximate surface area is 159 Å². The lowest BCUT2D eigenvalue weighted by Gasteiger charge is -2.25. The largest absolute Gasteiger partial charge is 0.349 e. The molecule has 1 aliphatic heterocycles. The van der Waals surface area contributed by atoms with Crippen LogP contribution in [0.15, 0.2) is 48.5 Å². The van der Waals surface area contributed by atoms with E-state index in [9.17, 15) is 9.59 Å². The van der Waals surface area contributed by atoms with Gasteiger partial charge in [0.2, 0.25) is 5.91 Å². The van der Waals surface area contributed by atoms with Gasteiger partial charge < -0.3 is 16.0 Å². The van der Waals surface area contributed by atoms with Crippen LogP contribution >= 0.6 is 12.4 Å². The van der Waals surface area contributed by atoms with E-state index in [2.05, 4.69) is 28.1 Å². The number of carbonyl (C=O) groups is 2. The number of fused-ring (bicyclic) bond motifs is 1. The maximum absolute atomic E-state index is 12.5. The average molecular weight is 372 g/mol. The summed E-state index contributed by atoms with van der Waals surface area (Å²) in [5.74, 6) is -0.101. The third-order valence-corrected chi connectivity index (χ3v) is 4.73. The fraction of sp³-hybridized carbons (Fsp3) is 0.300. The molecule has 0 spiro atoms. The zero-order valence-corrected chi connectivity index (χ0v) is 15.1. The van der Waals surface area contributed by atoms with Gasteiger partial charge in [-0.3, -0.25) is 9.59 Å². The van der Waals surface area contributed by atoms with E-state index in [-0.39, 0.29) is 30.3 Å². The normalized spacial score (nSPS) is 18.2. The molecule has 2 amide bonds. The Bertz CT molecular complexity index is 803. The summed E-state index contributed by atoms with van der Waals surface area (Å²) in [5.41, 5.74) is 3.79. The molecule has 2 aromatic rings. The number of carbonyl (C=O) groups excluding carboxylic acids is 2. The van der Waals surface area contributed by atoms with Crippen LogP contribution in [-0.2, 0) is 17.8 Å². The van der Waals surface area contributed by atoms with E-state index in [1.165, 1.54) is 11.1 Å². The Kier molecular flexibility index (Phi) is 5.59. The molecule has 0 radical (unpaired) electrons. The molecular formula is C20H22ClN3O2. The summed E-state index contributed by atoms with van der Waals surface area (Å²) in [4.78, 5) is 24.5. The summed E-state index contributed by atoms with van der Waals surface area (Å²) in [6.45, 7) is 0.703.